The maximum Gasteiger partial charge on any atom is 0.305 e. The van der Waals surface area contributed by atoms with E-state index in [2.05, 4.69) is 0 Å². The van der Waals surface area contributed by atoms with E-state index in [0.717, 1.165) is 0 Å². The summed E-state index contributed by atoms with van der Waals surface area (Å²) in [6.07, 6.45) is 2.24. The molecule has 0 N–H and O–H groups in total. The van der Waals surface area contributed by atoms with Crippen molar-refractivity contribution in [3.63, 3.8) is 0 Å². The number of carbonyl (C=O) groups is 1. The lowest BCUT2D eigenvalue weighted by atomic mass is 10.2. The van der Waals surface area contributed by atoms with Crippen LogP contribution in [-0.2, 0) is 19.6 Å². The molecule has 1 rings (SSSR count). The molecule has 1 aromatic carbocycles. The minimum absolute atomic E-state index is 0.0845. The van der Waals surface area contributed by atoms with Crippen LogP contribution in [0, 0.1) is 0 Å². The quantitative estimate of drug-likeness (QED) is 0.519. The standard InChI is InChI=1S/C15H23NO4S/c1-3-20-15(17)12-8-5-9-13-21(18,19)16(2)14-10-6-4-7-11-14/h4,6-7,10-11H,3,5,8-9,12-13H2,1-2H3. The monoisotopic (exact) mass is 313 g/mol. The van der Waals surface area contributed by atoms with E-state index in [9.17, 15) is 13.2 Å². The van der Waals surface area contributed by atoms with Gasteiger partial charge in [0.05, 0.1) is 18.0 Å². The van der Waals surface area contributed by atoms with E-state index in [1.54, 1.807) is 38.2 Å². The van der Waals surface area contributed by atoms with Gasteiger partial charge in [0.15, 0.2) is 0 Å². The minimum atomic E-state index is -3.31. The average Bonchev–Trinajstić information content (AvgIpc) is 2.47. The van der Waals surface area contributed by atoms with Gasteiger partial charge in [-0.2, -0.15) is 0 Å². The highest BCUT2D eigenvalue weighted by Crippen LogP contribution is 2.16. The Hall–Kier alpha value is -1.56. The zero-order valence-electron chi connectivity index (χ0n) is 12.6. The fraction of sp³-hybridized carbons (Fsp3) is 0.533. The lowest BCUT2D eigenvalue weighted by Gasteiger charge is -2.19. The number of unbranched alkanes of at least 4 members (excludes halogenated alkanes) is 2. The van der Waals surface area contributed by atoms with Crippen molar-refractivity contribution in [2.75, 3.05) is 23.7 Å². The van der Waals surface area contributed by atoms with Crippen molar-refractivity contribution in [2.45, 2.75) is 32.6 Å². The second-order valence-corrected chi connectivity index (χ2v) is 6.85. The van der Waals surface area contributed by atoms with Crippen LogP contribution in [0.3, 0.4) is 0 Å². The number of ether oxygens (including phenoxy) is 1. The normalized spacial score (nSPS) is 11.1. The summed E-state index contributed by atoms with van der Waals surface area (Å²) in [6.45, 7) is 2.15. The Labute approximate surface area is 127 Å². The van der Waals surface area contributed by atoms with Crippen molar-refractivity contribution in [1.29, 1.82) is 0 Å². The molecule has 0 heterocycles. The maximum atomic E-state index is 12.2. The van der Waals surface area contributed by atoms with E-state index in [1.165, 1.54) is 4.31 Å². The summed E-state index contributed by atoms with van der Waals surface area (Å²) in [6, 6.07) is 8.98. The molecule has 1 aromatic rings. The molecule has 21 heavy (non-hydrogen) atoms. The number of nitrogens with zero attached hydrogens (tertiary/aromatic N) is 1. The van der Waals surface area contributed by atoms with E-state index in [0.29, 0.717) is 38.0 Å². The number of carbonyl (C=O) groups excluding carboxylic acids is 1. The topological polar surface area (TPSA) is 63.7 Å². The van der Waals surface area contributed by atoms with Gasteiger partial charge in [-0.3, -0.25) is 9.10 Å². The second kappa shape index (κ2) is 8.67. The van der Waals surface area contributed by atoms with E-state index in [-0.39, 0.29) is 11.7 Å². The first-order valence-corrected chi connectivity index (χ1v) is 8.75. The molecule has 118 valence electrons. The SMILES string of the molecule is CCOC(=O)CCCCCS(=O)(=O)N(C)c1ccccc1. The lowest BCUT2D eigenvalue weighted by Crippen LogP contribution is -2.28. The van der Waals surface area contributed by atoms with Gasteiger partial charge in [-0.15, -0.1) is 0 Å². The third kappa shape index (κ3) is 6.16. The fourth-order valence-corrected chi connectivity index (χ4v) is 3.18. The highest BCUT2D eigenvalue weighted by Gasteiger charge is 2.17. The molecule has 0 aliphatic carbocycles. The maximum absolute atomic E-state index is 12.2. The van der Waals surface area contributed by atoms with Gasteiger partial charge in [-0.25, -0.2) is 8.42 Å². The average molecular weight is 313 g/mol. The van der Waals surface area contributed by atoms with E-state index in [1.807, 2.05) is 6.07 Å². The van der Waals surface area contributed by atoms with Gasteiger partial charge in [0, 0.05) is 13.5 Å². The number of anilines is 1. The molecule has 0 unspecified atom stereocenters. The summed E-state index contributed by atoms with van der Waals surface area (Å²) in [7, 11) is -1.75. The van der Waals surface area contributed by atoms with Crippen molar-refractivity contribution in [2.24, 2.45) is 0 Å². The summed E-state index contributed by atoms with van der Waals surface area (Å²) >= 11 is 0. The fourth-order valence-electron chi connectivity index (χ4n) is 1.90. The predicted molar refractivity (Wildman–Crippen MR) is 83.7 cm³/mol. The van der Waals surface area contributed by atoms with Gasteiger partial charge in [-0.05, 0) is 31.9 Å². The molecular weight excluding hydrogens is 290 g/mol. The Morgan fingerprint density at radius 2 is 1.81 bits per heavy atom. The Morgan fingerprint density at radius 1 is 1.14 bits per heavy atom. The number of rotatable bonds is 9. The highest BCUT2D eigenvalue weighted by atomic mass is 32.2. The molecule has 0 bridgehead atoms. The molecule has 0 saturated heterocycles. The molecule has 6 heteroatoms. The number of hydrogen-bond donors (Lipinski definition) is 0. The molecule has 0 atom stereocenters. The number of benzene rings is 1. The van der Waals surface area contributed by atoms with Crippen LogP contribution in [0.15, 0.2) is 30.3 Å². The number of hydrogen-bond acceptors (Lipinski definition) is 4. The Balaban J connectivity index is 2.35. The third-order valence-electron chi connectivity index (χ3n) is 3.13. The molecule has 0 aliphatic heterocycles. The first-order chi connectivity index (χ1) is 9.97. The molecule has 0 amide bonds. The van der Waals surface area contributed by atoms with Crippen LogP contribution < -0.4 is 4.31 Å². The van der Waals surface area contributed by atoms with Crippen LogP contribution in [0.25, 0.3) is 0 Å². The molecule has 5 nitrogen and oxygen atoms in total. The zero-order chi connectivity index (χ0) is 15.7. The van der Waals surface area contributed by atoms with Gasteiger partial charge in [0.25, 0.3) is 0 Å². The van der Waals surface area contributed by atoms with Crippen LogP contribution >= 0.6 is 0 Å². The van der Waals surface area contributed by atoms with Gasteiger partial charge < -0.3 is 4.74 Å². The van der Waals surface area contributed by atoms with Crippen LogP contribution in [0.1, 0.15) is 32.6 Å². The molecule has 0 fully saturated rings. The van der Waals surface area contributed by atoms with E-state index < -0.39 is 10.0 Å². The summed E-state index contributed by atoms with van der Waals surface area (Å²) in [5.41, 5.74) is 0.657. The highest BCUT2D eigenvalue weighted by molar-refractivity contribution is 7.92. The van der Waals surface area contributed by atoms with Crippen LogP contribution in [0.4, 0.5) is 5.69 Å². The predicted octanol–water partition coefficient (Wildman–Crippen LogP) is 2.58. The van der Waals surface area contributed by atoms with Crippen molar-refractivity contribution in [1.82, 2.24) is 0 Å². The second-order valence-electron chi connectivity index (χ2n) is 4.73. The summed E-state index contributed by atoms with van der Waals surface area (Å²) < 4.78 is 30.5. The van der Waals surface area contributed by atoms with Crippen LogP contribution in [0.2, 0.25) is 0 Å². The lowest BCUT2D eigenvalue weighted by molar-refractivity contribution is -0.143. The van der Waals surface area contributed by atoms with Crippen molar-refractivity contribution < 1.29 is 17.9 Å². The van der Waals surface area contributed by atoms with Crippen molar-refractivity contribution >= 4 is 21.7 Å². The van der Waals surface area contributed by atoms with Crippen LogP contribution in [-0.4, -0.2) is 33.8 Å². The van der Waals surface area contributed by atoms with Crippen LogP contribution in [0.5, 0.6) is 0 Å². The Kier molecular flexibility index (Phi) is 7.22. The van der Waals surface area contributed by atoms with Gasteiger partial charge in [-0.1, -0.05) is 24.6 Å². The Bertz CT molecular complexity index is 528. The first-order valence-electron chi connectivity index (χ1n) is 7.14. The largest absolute Gasteiger partial charge is 0.466 e. The number of para-hydroxylation sites is 1. The van der Waals surface area contributed by atoms with Crippen molar-refractivity contribution in [3.05, 3.63) is 30.3 Å². The van der Waals surface area contributed by atoms with Gasteiger partial charge >= 0.3 is 5.97 Å². The molecule has 0 saturated carbocycles. The number of esters is 1. The minimum Gasteiger partial charge on any atom is -0.466 e. The first kappa shape index (κ1) is 17.5. The molecule has 0 aromatic heterocycles. The molecule has 0 radical (unpaired) electrons. The summed E-state index contributed by atoms with van der Waals surface area (Å²) in [4.78, 5) is 11.1. The smallest absolute Gasteiger partial charge is 0.305 e. The van der Waals surface area contributed by atoms with E-state index >= 15 is 0 Å². The Morgan fingerprint density at radius 3 is 2.43 bits per heavy atom. The third-order valence-corrected chi connectivity index (χ3v) is 4.98. The van der Waals surface area contributed by atoms with Gasteiger partial charge in [0.1, 0.15) is 0 Å². The molecule has 0 spiro atoms. The van der Waals surface area contributed by atoms with Gasteiger partial charge in [0.2, 0.25) is 10.0 Å². The van der Waals surface area contributed by atoms with Crippen molar-refractivity contribution in [3.8, 4) is 0 Å². The summed E-state index contributed by atoms with van der Waals surface area (Å²) in [5, 5.41) is 0. The molecule has 0 aliphatic rings. The summed E-state index contributed by atoms with van der Waals surface area (Å²) in [5.74, 6) is -0.136. The number of sulfonamides is 1. The molecular formula is C15H23NO4S. The van der Waals surface area contributed by atoms with E-state index in [4.69, 9.17) is 4.74 Å². The zero-order valence-corrected chi connectivity index (χ0v) is 13.4.